The van der Waals surface area contributed by atoms with E-state index in [1.165, 1.54) is 23.1 Å². The molecular formula is C23H24N4O2S2. The number of nitriles is 1. The molecule has 1 fully saturated rings. The highest BCUT2D eigenvalue weighted by Gasteiger charge is 2.21. The van der Waals surface area contributed by atoms with E-state index in [4.69, 9.17) is 4.74 Å². The van der Waals surface area contributed by atoms with Gasteiger partial charge in [0.05, 0.1) is 35.9 Å². The molecule has 1 aliphatic heterocycles. The second-order valence-corrected chi connectivity index (χ2v) is 9.64. The van der Waals surface area contributed by atoms with E-state index < -0.39 is 0 Å². The van der Waals surface area contributed by atoms with Gasteiger partial charge in [0.1, 0.15) is 11.1 Å². The summed E-state index contributed by atoms with van der Waals surface area (Å²) >= 11 is 2.84. The molecule has 1 atom stereocenters. The molecule has 0 bridgehead atoms. The molecule has 1 unspecified atom stereocenters. The first-order valence-electron chi connectivity index (χ1n) is 10.2. The Morgan fingerprint density at radius 2 is 2.19 bits per heavy atom. The molecule has 0 saturated carbocycles. The quantitative estimate of drug-likeness (QED) is 0.510. The molecule has 1 saturated heterocycles. The minimum absolute atomic E-state index is 0.143. The summed E-state index contributed by atoms with van der Waals surface area (Å²) in [6.45, 7) is 5.38. The van der Waals surface area contributed by atoms with Crippen molar-refractivity contribution in [3.63, 3.8) is 0 Å². The first-order chi connectivity index (χ1) is 15.1. The number of hydrogen-bond acceptors (Lipinski definition) is 6. The highest BCUT2D eigenvalue weighted by atomic mass is 32.2. The van der Waals surface area contributed by atoms with Crippen LogP contribution in [-0.2, 0) is 16.1 Å². The molecule has 1 amide bonds. The molecule has 8 heteroatoms. The summed E-state index contributed by atoms with van der Waals surface area (Å²) in [5.41, 5.74) is 3.59. The normalized spacial score (nSPS) is 15.7. The fourth-order valence-electron chi connectivity index (χ4n) is 3.62. The number of nitrogens with zero attached hydrogens (tertiary/aromatic N) is 3. The van der Waals surface area contributed by atoms with Crippen LogP contribution < -0.4 is 5.32 Å². The van der Waals surface area contributed by atoms with Gasteiger partial charge in [0.2, 0.25) is 5.91 Å². The molecular weight excluding hydrogens is 428 g/mol. The maximum Gasteiger partial charge on any atom is 0.235 e. The van der Waals surface area contributed by atoms with Crippen LogP contribution in [0.4, 0.5) is 5.00 Å². The molecule has 1 aliphatic rings. The van der Waals surface area contributed by atoms with Crippen LogP contribution in [0.1, 0.15) is 28.8 Å². The topological polar surface area (TPSA) is 79.9 Å². The third-order valence-corrected chi connectivity index (χ3v) is 7.49. The van der Waals surface area contributed by atoms with Crippen molar-refractivity contribution in [1.29, 1.82) is 5.26 Å². The van der Waals surface area contributed by atoms with Crippen LogP contribution in [0.15, 0.2) is 41.7 Å². The van der Waals surface area contributed by atoms with Gasteiger partial charge in [-0.2, -0.15) is 5.26 Å². The van der Waals surface area contributed by atoms with Crippen molar-refractivity contribution in [3.05, 3.63) is 52.5 Å². The van der Waals surface area contributed by atoms with Gasteiger partial charge >= 0.3 is 0 Å². The van der Waals surface area contributed by atoms with Crippen LogP contribution in [0.3, 0.4) is 0 Å². The summed E-state index contributed by atoms with van der Waals surface area (Å²) in [4.78, 5) is 18.3. The standard InChI is InChI=1S/C23H24N4O2S2/c1-15-16(2)31-22(19(15)11-24)26-21(28)14-30-23-25-12-20(17-7-4-3-5-8-17)27(23)13-18-9-6-10-29-18/h3-5,7-8,12,18H,6,9-10,13-14H2,1-2H3,(H,26,28). The number of rotatable bonds is 7. The smallest absolute Gasteiger partial charge is 0.235 e. The van der Waals surface area contributed by atoms with E-state index in [0.717, 1.165) is 52.8 Å². The van der Waals surface area contributed by atoms with Crippen molar-refractivity contribution in [2.75, 3.05) is 17.7 Å². The molecule has 1 N–H and O–H groups in total. The Balaban J connectivity index is 1.50. The third kappa shape index (κ3) is 4.85. The summed E-state index contributed by atoms with van der Waals surface area (Å²) < 4.78 is 8.01. The van der Waals surface area contributed by atoms with Crippen LogP contribution >= 0.6 is 23.1 Å². The fourth-order valence-corrected chi connectivity index (χ4v) is 5.44. The number of benzene rings is 1. The maximum absolute atomic E-state index is 12.6. The number of thioether (sulfide) groups is 1. The molecule has 31 heavy (non-hydrogen) atoms. The Morgan fingerprint density at radius 1 is 1.39 bits per heavy atom. The van der Waals surface area contributed by atoms with E-state index in [-0.39, 0.29) is 17.8 Å². The Labute approximate surface area is 190 Å². The molecule has 0 aliphatic carbocycles. The average Bonchev–Trinajstić information content (AvgIpc) is 3.49. The lowest BCUT2D eigenvalue weighted by molar-refractivity contribution is -0.113. The number of aromatic nitrogens is 2. The van der Waals surface area contributed by atoms with E-state index in [2.05, 4.69) is 33.1 Å². The monoisotopic (exact) mass is 452 g/mol. The average molecular weight is 453 g/mol. The Hall–Kier alpha value is -2.60. The van der Waals surface area contributed by atoms with Gasteiger partial charge in [-0.25, -0.2) is 4.98 Å². The van der Waals surface area contributed by atoms with Crippen LogP contribution in [0, 0.1) is 25.2 Å². The fraction of sp³-hybridized carbons (Fsp3) is 0.348. The van der Waals surface area contributed by atoms with Crippen LogP contribution in [0.2, 0.25) is 0 Å². The van der Waals surface area contributed by atoms with Crippen LogP contribution in [-0.4, -0.2) is 33.9 Å². The van der Waals surface area contributed by atoms with E-state index in [1.807, 2.05) is 38.2 Å². The predicted octanol–water partition coefficient (Wildman–Crippen LogP) is 5.01. The second kappa shape index (κ2) is 9.69. The van der Waals surface area contributed by atoms with Gasteiger partial charge in [0, 0.05) is 11.5 Å². The van der Waals surface area contributed by atoms with Crippen molar-refractivity contribution in [1.82, 2.24) is 9.55 Å². The Morgan fingerprint density at radius 3 is 2.90 bits per heavy atom. The lowest BCUT2D eigenvalue weighted by atomic mass is 10.1. The summed E-state index contributed by atoms with van der Waals surface area (Å²) in [6, 6.07) is 12.3. The zero-order valence-corrected chi connectivity index (χ0v) is 19.2. The van der Waals surface area contributed by atoms with E-state index >= 15 is 0 Å². The molecule has 1 aromatic carbocycles. The minimum atomic E-state index is -0.143. The van der Waals surface area contributed by atoms with Gasteiger partial charge in [-0.15, -0.1) is 11.3 Å². The lowest BCUT2D eigenvalue weighted by Crippen LogP contribution is -2.18. The minimum Gasteiger partial charge on any atom is -0.376 e. The van der Waals surface area contributed by atoms with Gasteiger partial charge < -0.3 is 14.6 Å². The summed E-state index contributed by atoms with van der Waals surface area (Å²) in [5, 5.41) is 13.7. The summed E-state index contributed by atoms with van der Waals surface area (Å²) in [7, 11) is 0. The number of ether oxygens (including phenoxy) is 1. The highest BCUT2D eigenvalue weighted by Crippen LogP contribution is 2.32. The molecule has 160 valence electrons. The molecule has 4 rings (SSSR count). The highest BCUT2D eigenvalue weighted by molar-refractivity contribution is 7.99. The number of carbonyl (C=O) groups is 1. The van der Waals surface area contributed by atoms with E-state index in [1.54, 1.807) is 0 Å². The SMILES string of the molecule is Cc1sc(NC(=O)CSc2ncc(-c3ccccc3)n2CC2CCCO2)c(C#N)c1C. The van der Waals surface area contributed by atoms with Gasteiger partial charge in [-0.3, -0.25) is 4.79 Å². The third-order valence-electron chi connectivity index (χ3n) is 5.38. The number of carbonyl (C=O) groups excluding carboxylic acids is 1. The van der Waals surface area contributed by atoms with Crippen LogP contribution in [0.25, 0.3) is 11.3 Å². The lowest BCUT2D eigenvalue weighted by Gasteiger charge is -2.16. The second-order valence-electron chi connectivity index (χ2n) is 7.47. The largest absolute Gasteiger partial charge is 0.376 e. The number of imidazole rings is 1. The van der Waals surface area contributed by atoms with Gasteiger partial charge in [-0.1, -0.05) is 42.1 Å². The molecule has 0 radical (unpaired) electrons. The van der Waals surface area contributed by atoms with Crippen molar-refractivity contribution < 1.29 is 9.53 Å². The number of nitrogens with one attached hydrogen (secondary N) is 1. The van der Waals surface area contributed by atoms with E-state index in [9.17, 15) is 10.1 Å². The Bertz CT molecular complexity index is 1110. The van der Waals surface area contributed by atoms with Crippen LogP contribution in [0.5, 0.6) is 0 Å². The maximum atomic E-state index is 12.6. The number of anilines is 1. The number of amides is 1. The first-order valence-corrected chi connectivity index (χ1v) is 12.0. The number of aryl methyl sites for hydroxylation is 1. The zero-order valence-electron chi connectivity index (χ0n) is 17.6. The number of hydrogen-bond donors (Lipinski definition) is 1. The summed E-state index contributed by atoms with van der Waals surface area (Å²) in [5.74, 6) is 0.0770. The first kappa shape index (κ1) is 21.6. The van der Waals surface area contributed by atoms with Crippen molar-refractivity contribution >= 4 is 34.0 Å². The van der Waals surface area contributed by atoms with Crippen molar-refractivity contribution in [2.24, 2.45) is 0 Å². The summed E-state index contributed by atoms with van der Waals surface area (Å²) in [6.07, 6.45) is 4.14. The zero-order chi connectivity index (χ0) is 21.8. The predicted molar refractivity (Wildman–Crippen MR) is 124 cm³/mol. The van der Waals surface area contributed by atoms with E-state index in [0.29, 0.717) is 10.6 Å². The van der Waals surface area contributed by atoms with Crippen molar-refractivity contribution in [3.8, 4) is 17.3 Å². The van der Waals surface area contributed by atoms with Gasteiger partial charge in [-0.05, 0) is 37.8 Å². The van der Waals surface area contributed by atoms with Crippen molar-refractivity contribution in [2.45, 2.75) is 44.5 Å². The molecule has 0 spiro atoms. The van der Waals surface area contributed by atoms with Gasteiger partial charge in [0.25, 0.3) is 0 Å². The molecule has 3 aromatic rings. The van der Waals surface area contributed by atoms with Gasteiger partial charge in [0.15, 0.2) is 5.16 Å². The molecule has 2 aromatic heterocycles. The Kier molecular flexibility index (Phi) is 6.76. The molecule has 6 nitrogen and oxygen atoms in total. The molecule has 3 heterocycles. The number of thiophene rings is 1.